The molecule has 0 aliphatic carbocycles. The summed E-state index contributed by atoms with van der Waals surface area (Å²) in [5.74, 6) is 1.20. The van der Waals surface area contributed by atoms with Gasteiger partial charge in [-0.15, -0.1) is 0 Å². The lowest BCUT2D eigenvalue weighted by molar-refractivity contribution is -0.130. The monoisotopic (exact) mass is 449 g/mol. The van der Waals surface area contributed by atoms with Crippen molar-refractivity contribution < 1.29 is 23.9 Å². The molecule has 0 spiro atoms. The highest BCUT2D eigenvalue weighted by molar-refractivity contribution is 6.10. The van der Waals surface area contributed by atoms with Crippen molar-refractivity contribution in [2.45, 2.75) is 38.4 Å². The molecule has 3 amide bonds. The van der Waals surface area contributed by atoms with Crippen LogP contribution in [0.3, 0.4) is 0 Å². The summed E-state index contributed by atoms with van der Waals surface area (Å²) in [7, 11) is 1.75. The molecular weight excluding hydrogens is 422 g/mol. The van der Waals surface area contributed by atoms with Gasteiger partial charge >= 0.3 is 0 Å². The van der Waals surface area contributed by atoms with Gasteiger partial charge in [0.1, 0.15) is 18.9 Å². The minimum atomic E-state index is -0.753. The zero-order valence-electron chi connectivity index (χ0n) is 18.9. The number of amides is 3. The van der Waals surface area contributed by atoms with E-state index in [-0.39, 0.29) is 30.7 Å². The summed E-state index contributed by atoms with van der Waals surface area (Å²) in [6, 6.07) is 12.9. The minimum absolute atomic E-state index is 0.00417. The average molecular weight is 450 g/mol. The van der Waals surface area contributed by atoms with E-state index in [1.54, 1.807) is 33.9 Å². The Kier molecular flexibility index (Phi) is 5.23. The fourth-order valence-corrected chi connectivity index (χ4v) is 4.99. The van der Waals surface area contributed by atoms with E-state index in [1.165, 1.54) is 0 Å². The smallest absolute Gasteiger partial charge is 0.257 e. The van der Waals surface area contributed by atoms with Crippen LogP contribution in [-0.4, -0.2) is 60.0 Å². The molecule has 0 bridgehead atoms. The third-order valence-electron chi connectivity index (χ3n) is 6.75. The van der Waals surface area contributed by atoms with Crippen LogP contribution in [0.15, 0.2) is 42.5 Å². The Labute approximate surface area is 192 Å². The van der Waals surface area contributed by atoms with Crippen LogP contribution in [0.5, 0.6) is 11.5 Å². The van der Waals surface area contributed by atoms with Gasteiger partial charge in [-0.1, -0.05) is 18.2 Å². The summed E-state index contributed by atoms with van der Waals surface area (Å²) >= 11 is 0. The third-order valence-corrected chi connectivity index (χ3v) is 6.75. The number of hydrogen-bond donors (Lipinski definition) is 0. The molecule has 33 heavy (non-hydrogen) atoms. The van der Waals surface area contributed by atoms with E-state index >= 15 is 0 Å². The molecule has 1 fully saturated rings. The Morgan fingerprint density at radius 2 is 1.85 bits per heavy atom. The number of fused-ring (bicyclic) bond motifs is 4. The fourth-order valence-electron chi connectivity index (χ4n) is 4.99. The highest BCUT2D eigenvalue weighted by Gasteiger charge is 2.52. The molecule has 5 rings (SSSR count). The molecule has 172 valence electrons. The fraction of sp³-hybridized carbons (Fsp3) is 0.400. The molecule has 0 N–H and O–H groups in total. The first kappa shape index (κ1) is 21.3. The van der Waals surface area contributed by atoms with Crippen LogP contribution in [0.1, 0.15) is 42.1 Å². The van der Waals surface area contributed by atoms with Crippen LogP contribution >= 0.6 is 0 Å². The second kappa shape index (κ2) is 8.10. The molecule has 8 heteroatoms. The van der Waals surface area contributed by atoms with E-state index in [4.69, 9.17) is 9.47 Å². The summed E-state index contributed by atoms with van der Waals surface area (Å²) in [4.78, 5) is 44.0. The van der Waals surface area contributed by atoms with Gasteiger partial charge in [-0.05, 0) is 43.2 Å². The second-order valence-corrected chi connectivity index (χ2v) is 8.90. The summed E-state index contributed by atoms with van der Waals surface area (Å²) in [6.45, 7) is 3.63. The largest absolute Gasteiger partial charge is 0.486 e. The first-order valence-corrected chi connectivity index (χ1v) is 11.2. The summed E-state index contributed by atoms with van der Waals surface area (Å²) in [5, 5.41) is 0. The number of para-hydroxylation sites is 1. The first-order chi connectivity index (χ1) is 15.9. The Bertz CT molecular complexity index is 1130. The maximum atomic E-state index is 13.3. The number of rotatable bonds is 5. The lowest BCUT2D eigenvalue weighted by Gasteiger charge is -2.48. The number of ether oxygens (including phenoxy) is 2. The number of carbonyl (C=O) groups is 3. The van der Waals surface area contributed by atoms with Gasteiger partial charge in [-0.2, -0.15) is 0 Å². The number of hydrogen-bond acceptors (Lipinski definition) is 5. The lowest BCUT2D eigenvalue weighted by atomic mass is 9.98. The van der Waals surface area contributed by atoms with Crippen molar-refractivity contribution in [2.24, 2.45) is 0 Å². The van der Waals surface area contributed by atoms with Gasteiger partial charge in [0, 0.05) is 33.0 Å². The van der Waals surface area contributed by atoms with Crippen molar-refractivity contribution in [2.75, 3.05) is 31.7 Å². The van der Waals surface area contributed by atoms with E-state index in [2.05, 4.69) is 0 Å². The molecule has 1 saturated heterocycles. The van der Waals surface area contributed by atoms with E-state index in [0.29, 0.717) is 55.4 Å². The molecule has 3 aliphatic heterocycles. The lowest BCUT2D eigenvalue weighted by Crippen LogP contribution is -2.62. The second-order valence-electron chi connectivity index (χ2n) is 8.90. The van der Waals surface area contributed by atoms with Crippen molar-refractivity contribution in [3.63, 3.8) is 0 Å². The zero-order chi connectivity index (χ0) is 23.2. The molecule has 1 unspecified atom stereocenters. The molecule has 2 aromatic rings. The molecule has 0 radical (unpaired) electrons. The number of anilines is 1. The Hall–Kier alpha value is -3.55. The van der Waals surface area contributed by atoms with Gasteiger partial charge in [0.05, 0.1) is 11.3 Å². The summed E-state index contributed by atoms with van der Waals surface area (Å²) < 4.78 is 11.2. The van der Waals surface area contributed by atoms with Crippen LogP contribution in [0.4, 0.5) is 5.69 Å². The van der Waals surface area contributed by atoms with Crippen molar-refractivity contribution >= 4 is 23.4 Å². The predicted molar refractivity (Wildman–Crippen MR) is 121 cm³/mol. The molecule has 3 aliphatic rings. The SMILES string of the molecule is CN(Cc1ccc2c(c1)OCCO2)C(=O)CCN1C(=O)c2ccccc2N2C(=O)CCC12C. The van der Waals surface area contributed by atoms with Gasteiger partial charge in [0.25, 0.3) is 5.91 Å². The summed E-state index contributed by atoms with van der Waals surface area (Å²) in [6.07, 6.45) is 1.10. The van der Waals surface area contributed by atoms with Crippen LogP contribution in [-0.2, 0) is 16.1 Å². The summed E-state index contributed by atoms with van der Waals surface area (Å²) in [5.41, 5.74) is 1.35. The average Bonchev–Trinajstić information content (AvgIpc) is 3.13. The standard InChI is InChI=1S/C25H27N3O5/c1-25-11-9-23(30)28(25)19-6-4-3-5-18(19)24(31)27(25)12-10-22(29)26(2)16-17-7-8-20-21(15-17)33-14-13-32-20/h3-8,15H,9-14,16H2,1-2H3. The van der Waals surface area contributed by atoms with Crippen LogP contribution in [0.2, 0.25) is 0 Å². The maximum Gasteiger partial charge on any atom is 0.257 e. The zero-order valence-corrected chi connectivity index (χ0v) is 18.9. The van der Waals surface area contributed by atoms with E-state index < -0.39 is 5.66 Å². The Balaban J connectivity index is 1.29. The van der Waals surface area contributed by atoms with Crippen molar-refractivity contribution in [3.8, 4) is 11.5 Å². The molecule has 0 saturated carbocycles. The van der Waals surface area contributed by atoms with E-state index in [9.17, 15) is 14.4 Å². The normalized spacial score (nSPS) is 21.0. The molecule has 2 aromatic carbocycles. The molecule has 1 atom stereocenters. The predicted octanol–water partition coefficient (Wildman–Crippen LogP) is 2.81. The van der Waals surface area contributed by atoms with Crippen LogP contribution < -0.4 is 14.4 Å². The van der Waals surface area contributed by atoms with Crippen molar-refractivity contribution in [1.82, 2.24) is 9.80 Å². The number of nitrogens with zero attached hydrogens (tertiary/aromatic N) is 3. The minimum Gasteiger partial charge on any atom is -0.486 e. The van der Waals surface area contributed by atoms with E-state index in [0.717, 1.165) is 5.56 Å². The number of benzene rings is 2. The molecule has 0 aromatic heterocycles. The van der Waals surface area contributed by atoms with Crippen molar-refractivity contribution in [3.05, 3.63) is 53.6 Å². The van der Waals surface area contributed by atoms with Gasteiger partial charge in [0.2, 0.25) is 11.8 Å². The third kappa shape index (κ3) is 3.59. The molecule has 3 heterocycles. The molecular formula is C25H27N3O5. The Morgan fingerprint density at radius 3 is 2.67 bits per heavy atom. The topological polar surface area (TPSA) is 79.4 Å². The van der Waals surface area contributed by atoms with Gasteiger partial charge in [0.15, 0.2) is 11.5 Å². The van der Waals surface area contributed by atoms with Crippen LogP contribution in [0.25, 0.3) is 0 Å². The number of carbonyl (C=O) groups excluding carboxylic acids is 3. The molecule has 8 nitrogen and oxygen atoms in total. The van der Waals surface area contributed by atoms with Crippen LogP contribution in [0, 0.1) is 0 Å². The van der Waals surface area contributed by atoms with Gasteiger partial charge < -0.3 is 19.3 Å². The highest BCUT2D eigenvalue weighted by Crippen LogP contribution is 2.44. The quantitative estimate of drug-likeness (QED) is 0.701. The Morgan fingerprint density at radius 1 is 1.09 bits per heavy atom. The highest BCUT2D eigenvalue weighted by atomic mass is 16.6. The maximum absolute atomic E-state index is 13.3. The van der Waals surface area contributed by atoms with E-state index in [1.807, 2.05) is 37.3 Å². The first-order valence-electron chi connectivity index (χ1n) is 11.2. The van der Waals surface area contributed by atoms with Crippen molar-refractivity contribution in [1.29, 1.82) is 0 Å². The van der Waals surface area contributed by atoms with Gasteiger partial charge in [-0.25, -0.2) is 0 Å². The van der Waals surface area contributed by atoms with Gasteiger partial charge in [-0.3, -0.25) is 19.3 Å².